The number of fused-ring (bicyclic) bond motifs is 1. The van der Waals surface area contributed by atoms with Crippen LogP contribution in [0.4, 0.5) is 5.13 Å². The molecular formula is C14H13N3O4S2. The highest BCUT2D eigenvalue weighted by atomic mass is 32.2. The number of nitrogens with one attached hydrogen (secondary N) is 1. The van der Waals surface area contributed by atoms with Crippen LogP contribution in [0.25, 0.3) is 5.76 Å². The van der Waals surface area contributed by atoms with Crippen LogP contribution in [0.3, 0.4) is 0 Å². The number of carbonyl (C=O) groups excluding carboxylic acids is 1. The van der Waals surface area contributed by atoms with Crippen molar-refractivity contribution in [2.45, 2.75) is 11.8 Å². The van der Waals surface area contributed by atoms with E-state index in [1.54, 1.807) is 6.92 Å². The van der Waals surface area contributed by atoms with Gasteiger partial charge in [-0.15, -0.1) is 11.3 Å². The minimum atomic E-state index is -5.18. The summed E-state index contributed by atoms with van der Waals surface area (Å²) in [5, 5.41) is 12.9. The van der Waals surface area contributed by atoms with Crippen LogP contribution in [0, 0.1) is 6.92 Å². The van der Waals surface area contributed by atoms with E-state index in [1.165, 1.54) is 6.20 Å². The minimum absolute atomic E-state index is 0.00134. The lowest BCUT2D eigenvalue weighted by molar-refractivity contribution is -0.113. The maximum Gasteiger partial charge on any atom is 0.278 e. The van der Waals surface area contributed by atoms with Gasteiger partial charge in [-0.1, -0.05) is 12.1 Å². The average molecular weight is 358 g/mol. The van der Waals surface area contributed by atoms with Gasteiger partial charge >= 0.3 is 0 Å². The predicted octanol–water partition coefficient (Wildman–Crippen LogP) is 1.95. The predicted molar refractivity (Wildman–Crippen MR) is 86.4 cm³/mol. The number of thiazole rings is 1. The fraction of sp³-hybridized carbons (Fsp3) is 0.143. The van der Waals surface area contributed by atoms with E-state index in [9.17, 15) is 18.3 Å². The Morgan fingerprint density at radius 2 is 2.22 bits per heavy atom. The molecule has 0 saturated heterocycles. The Kier molecular flexibility index (Phi) is 2.11. The van der Waals surface area contributed by atoms with Crippen molar-refractivity contribution >= 4 is 38.2 Å². The molecule has 2 N–H and O–H groups in total. The van der Waals surface area contributed by atoms with E-state index >= 15 is 0 Å². The Morgan fingerprint density at radius 3 is 2.87 bits per heavy atom. The lowest BCUT2D eigenvalue weighted by Crippen LogP contribution is -2.37. The van der Waals surface area contributed by atoms with E-state index in [1.807, 2.05) is 0 Å². The lowest BCUT2D eigenvalue weighted by Gasteiger charge is -2.28. The molecule has 2 aromatic rings. The van der Waals surface area contributed by atoms with Crippen LogP contribution in [-0.4, -0.2) is 35.7 Å². The van der Waals surface area contributed by atoms with E-state index in [-0.39, 0.29) is 9.44 Å². The first-order valence-corrected chi connectivity index (χ1v) is 8.28. The van der Waals surface area contributed by atoms with Crippen molar-refractivity contribution in [3.05, 3.63) is 46.5 Å². The molecule has 0 fully saturated rings. The Labute approximate surface area is 146 Å². The molecule has 0 saturated carbocycles. The molecule has 2 heterocycles. The van der Waals surface area contributed by atoms with Crippen molar-refractivity contribution in [1.29, 1.82) is 0 Å². The third-order valence-corrected chi connectivity index (χ3v) is 5.19. The quantitative estimate of drug-likeness (QED) is 0.855. The number of aromatic nitrogens is 1. The summed E-state index contributed by atoms with van der Waals surface area (Å²) in [6.45, 7) is -1.82. The fourth-order valence-corrected chi connectivity index (χ4v) is 3.69. The van der Waals surface area contributed by atoms with Crippen molar-refractivity contribution in [2.24, 2.45) is 0 Å². The third kappa shape index (κ3) is 2.47. The summed E-state index contributed by atoms with van der Waals surface area (Å²) in [6.07, 6.45) is 1.40. The zero-order valence-electron chi connectivity index (χ0n) is 18.5. The van der Waals surface area contributed by atoms with Gasteiger partial charge in [-0.25, -0.2) is 13.4 Å². The molecule has 0 spiro atoms. The molecule has 0 atom stereocenters. The van der Waals surface area contributed by atoms with Crippen LogP contribution in [0.15, 0.2) is 41.0 Å². The van der Waals surface area contributed by atoms with Crippen LogP contribution < -0.4 is 5.32 Å². The number of likely N-dealkylation sites (N-methyl/N-ethyl adjacent to an activating group) is 1. The number of rotatable bonds is 2. The highest BCUT2D eigenvalue weighted by Crippen LogP contribution is 2.34. The molecular weight excluding hydrogens is 338 g/mol. The number of amides is 1. The van der Waals surface area contributed by atoms with Crippen LogP contribution in [0.1, 0.15) is 20.0 Å². The molecule has 1 amide bonds. The monoisotopic (exact) mass is 358 g/mol. The summed E-state index contributed by atoms with van der Waals surface area (Å²) in [5.41, 5.74) is -2.10. The number of sulfonamides is 1. The van der Waals surface area contributed by atoms with Crippen molar-refractivity contribution in [3.8, 4) is 0 Å². The average Bonchev–Trinajstić information content (AvgIpc) is 3.02. The molecule has 1 aromatic carbocycles. The zero-order chi connectivity index (χ0) is 22.8. The van der Waals surface area contributed by atoms with Crippen LogP contribution >= 0.6 is 11.3 Å². The Hall–Kier alpha value is -2.39. The number of aryl methyl sites for hydroxylation is 1. The summed E-state index contributed by atoms with van der Waals surface area (Å²) in [4.78, 5) is 16.2. The molecule has 120 valence electrons. The van der Waals surface area contributed by atoms with Gasteiger partial charge in [0.1, 0.15) is 0 Å². The number of aliphatic hydroxyl groups excluding tert-OH is 1. The molecule has 1 aliphatic heterocycles. The van der Waals surface area contributed by atoms with Gasteiger partial charge in [0.25, 0.3) is 15.9 Å². The largest absolute Gasteiger partial charge is 0.505 e. The lowest BCUT2D eigenvalue weighted by atomic mass is 10.1. The second-order valence-electron chi connectivity index (χ2n) is 4.40. The molecule has 1 aromatic heterocycles. The molecule has 1 aliphatic rings. The molecule has 9 heteroatoms. The summed E-state index contributed by atoms with van der Waals surface area (Å²) in [6, 6.07) is -3.81. The second kappa shape index (κ2) is 5.36. The standard InChI is InChI=1S/C14H13N3O4S2/c1-8-7-15-14(22-8)16-13(19)11-12(18)9-5-3-4-6-10(9)23(20,21)17(11)2/h3-7,18H,1-2H3,(H,15,16,19)/i2D3,3D,4D,5D,6D. The molecule has 0 radical (unpaired) electrons. The van der Waals surface area contributed by atoms with Gasteiger partial charge in [-0.3, -0.25) is 14.4 Å². The Balaban J connectivity index is 2.37. The van der Waals surface area contributed by atoms with Gasteiger partial charge in [0.05, 0.1) is 10.4 Å². The molecule has 3 rings (SSSR count). The topological polar surface area (TPSA) is 99.6 Å². The van der Waals surface area contributed by atoms with Crippen LogP contribution in [-0.2, 0) is 14.8 Å². The Bertz CT molecular complexity index is 1220. The number of benzene rings is 1. The van der Waals surface area contributed by atoms with Gasteiger partial charge in [0.2, 0.25) is 0 Å². The molecule has 0 aliphatic carbocycles. The third-order valence-electron chi connectivity index (χ3n) is 2.87. The number of nitrogens with zero attached hydrogens (tertiary/aromatic N) is 2. The molecule has 0 unspecified atom stereocenters. The number of hydrogen-bond donors (Lipinski definition) is 2. The normalized spacial score (nSPS) is 21.1. The van der Waals surface area contributed by atoms with E-state index in [2.05, 4.69) is 10.3 Å². The van der Waals surface area contributed by atoms with Gasteiger partial charge in [-0.2, -0.15) is 0 Å². The summed E-state index contributed by atoms with van der Waals surface area (Å²) < 4.78 is 79.8. The summed E-state index contributed by atoms with van der Waals surface area (Å²) >= 11 is 1.01. The van der Waals surface area contributed by atoms with Crippen molar-refractivity contribution in [2.75, 3.05) is 12.3 Å². The van der Waals surface area contributed by atoms with E-state index in [0.717, 1.165) is 11.3 Å². The van der Waals surface area contributed by atoms with Crippen molar-refractivity contribution in [1.82, 2.24) is 9.29 Å². The number of anilines is 1. The summed E-state index contributed by atoms with van der Waals surface area (Å²) in [7, 11) is -5.18. The van der Waals surface area contributed by atoms with Crippen LogP contribution in [0.5, 0.6) is 0 Å². The second-order valence-corrected chi connectivity index (χ2v) is 7.36. The highest BCUT2D eigenvalue weighted by Gasteiger charge is 2.37. The van der Waals surface area contributed by atoms with Gasteiger partial charge < -0.3 is 5.11 Å². The van der Waals surface area contributed by atoms with Crippen LogP contribution in [0.2, 0.25) is 0 Å². The first-order valence-electron chi connectivity index (χ1n) is 9.52. The molecule has 7 nitrogen and oxygen atoms in total. The van der Waals surface area contributed by atoms with E-state index < -0.39 is 69.0 Å². The Morgan fingerprint density at radius 1 is 1.48 bits per heavy atom. The first kappa shape index (κ1) is 9.04. The number of hydrogen-bond acceptors (Lipinski definition) is 6. The molecule has 0 bridgehead atoms. The van der Waals surface area contributed by atoms with Crippen molar-refractivity contribution < 1.29 is 27.9 Å². The SMILES string of the molecule is [2H]c1c([2H])c([2H])c2c(c1[2H])C(O)=C(C(=O)Nc1ncc(C)s1)N(C([2H])([2H])[2H])S2(=O)=O. The zero-order valence-corrected chi connectivity index (χ0v) is 13.1. The minimum Gasteiger partial charge on any atom is -0.505 e. The number of aliphatic hydroxyl groups is 1. The molecule has 23 heavy (non-hydrogen) atoms. The first-order chi connectivity index (χ1) is 13.7. The fourth-order valence-electron chi connectivity index (χ4n) is 1.86. The van der Waals surface area contributed by atoms with E-state index in [4.69, 9.17) is 9.60 Å². The van der Waals surface area contributed by atoms with Gasteiger partial charge in [-0.05, 0) is 19.0 Å². The van der Waals surface area contributed by atoms with Gasteiger partial charge in [0.15, 0.2) is 16.6 Å². The maximum atomic E-state index is 13.1. The van der Waals surface area contributed by atoms with E-state index in [0.29, 0.717) is 4.88 Å². The number of carbonyl (C=O) groups is 1. The van der Waals surface area contributed by atoms with Gasteiger partial charge in [0, 0.05) is 27.7 Å². The summed E-state index contributed by atoms with van der Waals surface area (Å²) in [5.74, 6) is -2.55. The maximum absolute atomic E-state index is 13.1. The van der Waals surface area contributed by atoms with Crippen molar-refractivity contribution in [3.63, 3.8) is 0 Å². The smallest absolute Gasteiger partial charge is 0.278 e. The highest BCUT2D eigenvalue weighted by molar-refractivity contribution is 7.89.